The average Bonchev–Trinajstić information content (AvgIpc) is 2.51. The summed E-state index contributed by atoms with van der Waals surface area (Å²) in [5.74, 6) is 0.644. The maximum absolute atomic E-state index is 11.1. The molecule has 0 saturated carbocycles. The van der Waals surface area contributed by atoms with E-state index in [4.69, 9.17) is 16.2 Å². The third kappa shape index (κ3) is 2.49. The van der Waals surface area contributed by atoms with Gasteiger partial charge in [-0.15, -0.1) is 0 Å². The van der Waals surface area contributed by atoms with Crippen LogP contribution in [-0.4, -0.2) is 10.9 Å². The first-order valence-electron chi connectivity index (χ1n) is 6.36. The summed E-state index contributed by atoms with van der Waals surface area (Å²) in [6, 6.07) is 14.1. The molecule has 0 unspecified atom stereocenters. The normalized spacial score (nSPS) is 10.5. The SMILES string of the molecule is NC(=O)c1ccc(Oc2c(N)cnc3ccccc23)cc1. The highest BCUT2D eigenvalue weighted by molar-refractivity contribution is 5.93. The molecule has 0 aliphatic heterocycles. The van der Waals surface area contributed by atoms with Crippen LogP contribution in [0.3, 0.4) is 0 Å². The zero-order valence-electron chi connectivity index (χ0n) is 11.1. The number of aromatic nitrogens is 1. The van der Waals surface area contributed by atoms with Crippen molar-refractivity contribution >= 4 is 22.5 Å². The zero-order valence-corrected chi connectivity index (χ0v) is 11.1. The van der Waals surface area contributed by atoms with Crippen LogP contribution in [0.15, 0.2) is 54.7 Å². The Bertz CT molecular complexity index is 813. The van der Waals surface area contributed by atoms with Gasteiger partial charge in [0.25, 0.3) is 0 Å². The number of hydrogen-bond donors (Lipinski definition) is 2. The van der Waals surface area contributed by atoms with Crippen molar-refractivity contribution in [3.63, 3.8) is 0 Å². The Balaban J connectivity index is 2.01. The molecule has 0 aliphatic rings. The molecule has 4 N–H and O–H groups in total. The van der Waals surface area contributed by atoms with E-state index in [-0.39, 0.29) is 0 Å². The van der Waals surface area contributed by atoms with Crippen LogP contribution in [0, 0.1) is 0 Å². The lowest BCUT2D eigenvalue weighted by Gasteiger charge is -2.11. The Kier molecular flexibility index (Phi) is 3.16. The van der Waals surface area contributed by atoms with Crippen molar-refractivity contribution in [1.82, 2.24) is 4.98 Å². The number of carbonyl (C=O) groups excluding carboxylic acids is 1. The molecule has 5 nitrogen and oxygen atoms in total. The molecule has 0 atom stereocenters. The number of carbonyl (C=O) groups is 1. The maximum atomic E-state index is 11.1. The standard InChI is InChI=1S/C16H13N3O2/c17-13-9-19-14-4-2-1-3-12(14)15(13)21-11-7-5-10(6-8-11)16(18)20/h1-9H,17H2,(H2,18,20). The van der Waals surface area contributed by atoms with E-state index in [1.807, 2.05) is 24.3 Å². The smallest absolute Gasteiger partial charge is 0.248 e. The highest BCUT2D eigenvalue weighted by atomic mass is 16.5. The highest BCUT2D eigenvalue weighted by Gasteiger charge is 2.09. The van der Waals surface area contributed by atoms with E-state index in [1.165, 1.54) is 0 Å². The lowest BCUT2D eigenvalue weighted by molar-refractivity contribution is 0.100. The first-order chi connectivity index (χ1) is 10.1. The minimum atomic E-state index is -0.476. The minimum absolute atomic E-state index is 0.426. The van der Waals surface area contributed by atoms with Crippen molar-refractivity contribution in [2.75, 3.05) is 5.73 Å². The lowest BCUT2D eigenvalue weighted by atomic mass is 10.2. The van der Waals surface area contributed by atoms with E-state index >= 15 is 0 Å². The van der Waals surface area contributed by atoms with Gasteiger partial charge in [0.05, 0.1) is 17.4 Å². The van der Waals surface area contributed by atoms with Gasteiger partial charge in [0.15, 0.2) is 5.75 Å². The number of anilines is 1. The molecule has 2 aromatic carbocycles. The zero-order chi connectivity index (χ0) is 14.8. The van der Waals surface area contributed by atoms with Gasteiger partial charge in [-0.3, -0.25) is 9.78 Å². The molecule has 0 radical (unpaired) electrons. The largest absolute Gasteiger partial charge is 0.454 e. The summed E-state index contributed by atoms with van der Waals surface area (Å²) in [6.07, 6.45) is 1.56. The first-order valence-corrected chi connectivity index (χ1v) is 6.36. The predicted molar refractivity (Wildman–Crippen MR) is 81.2 cm³/mol. The van der Waals surface area contributed by atoms with Gasteiger partial charge < -0.3 is 16.2 Å². The number of hydrogen-bond acceptors (Lipinski definition) is 4. The Morgan fingerprint density at radius 1 is 1.05 bits per heavy atom. The summed E-state index contributed by atoms with van der Waals surface area (Å²) < 4.78 is 5.84. The van der Waals surface area contributed by atoms with E-state index in [0.717, 1.165) is 10.9 Å². The number of nitrogens with two attached hydrogens (primary N) is 2. The van der Waals surface area contributed by atoms with E-state index in [0.29, 0.717) is 22.7 Å². The molecule has 1 aromatic heterocycles. The van der Waals surface area contributed by atoms with Gasteiger partial charge in [-0.05, 0) is 36.4 Å². The number of para-hydroxylation sites is 1. The van der Waals surface area contributed by atoms with Gasteiger partial charge in [0, 0.05) is 10.9 Å². The van der Waals surface area contributed by atoms with Crippen LogP contribution in [0.2, 0.25) is 0 Å². The van der Waals surface area contributed by atoms with Crippen LogP contribution < -0.4 is 16.2 Å². The summed E-state index contributed by atoms with van der Waals surface area (Å²) in [5, 5.41) is 0.830. The van der Waals surface area contributed by atoms with E-state index in [9.17, 15) is 4.79 Å². The Morgan fingerprint density at radius 2 is 1.76 bits per heavy atom. The number of ether oxygens (including phenoxy) is 1. The topological polar surface area (TPSA) is 91.2 Å². The number of nitrogens with zero attached hydrogens (tertiary/aromatic N) is 1. The van der Waals surface area contributed by atoms with Crippen molar-refractivity contribution in [2.24, 2.45) is 5.73 Å². The van der Waals surface area contributed by atoms with E-state index in [1.54, 1.807) is 30.5 Å². The van der Waals surface area contributed by atoms with E-state index in [2.05, 4.69) is 4.98 Å². The van der Waals surface area contributed by atoms with Gasteiger partial charge in [-0.1, -0.05) is 12.1 Å². The second-order valence-corrected chi connectivity index (χ2v) is 4.55. The molecule has 1 amide bonds. The van der Waals surface area contributed by atoms with Crippen LogP contribution in [-0.2, 0) is 0 Å². The van der Waals surface area contributed by atoms with Crippen molar-refractivity contribution in [3.05, 3.63) is 60.3 Å². The summed E-state index contributed by atoms with van der Waals surface area (Å²) in [4.78, 5) is 15.3. The van der Waals surface area contributed by atoms with Crippen LogP contribution in [0.5, 0.6) is 11.5 Å². The van der Waals surface area contributed by atoms with Gasteiger partial charge in [0.2, 0.25) is 5.91 Å². The minimum Gasteiger partial charge on any atom is -0.454 e. The number of nitrogen functional groups attached to an aromatic ring is 1. The number of primary amides is 1. The Morgan fingerprint density at radius 3 is 2.48 bits per heavy atom. The molecule has 0 saturated heterocycles. The molecule has 21 heavy (non-hydrogen) atoms. The molecule has 5 heteroatoms. The molecule has 1 heterocycles. The van der Waals surface area contributed by atoms with Crippen molar-refractivity contribution in [1.29, 1.82) is 0 Å². The van der Waals surface area contributed by atoms with Crippen LogP contribution in [0.1, 0.15) is 10.4 Å². The quantitative estimate of drug-likeness (QED) is 0.771. The monoisotopic (exact) mass is 279 g/mol. The first kappa shape index (κ1) is 12.9. The molecular weight excluding hydrogens is 266 g/mol. The fraction of sp³-hybridized carbons (Fsp3) is 0. The fourth-order valence-electron chi connectivity index (χ4n) is 2.05. The van der Waals surface area contributed by atoms with Crippen molar-refractivity contribution in [3.8, 4) is 11.5 Å². The van der Waals surface area contributed by atoms with Gasteiger partial charge in [0.1, 0.15) is 5.75 Å². The lowest BCUT2D eigenvalue weighted by Crippen LogP contribution is -2.10. The summed E-state index contributed by atoms with van der Waals surface area (Å²) in [5.41, 5.74) is 12.8. The number of amides is 1. The summed E-state index contributed by atoms with van der Waals surface area (Å²) in [7, 11) is 0. The molecule has 0 fully saturated rings. The predicted octanol–water partition coefficient (Wildman–Crippen LogP) is 2.71. The van der Waals surface area contributed by atoms with Gasteiger partial charge in [-0.2, -0.15) is 0 Å². The molecule has 0 aliphatic carbocycles. The maximum Gasteiger partial charge on any atom is 0.248 e. The summed E-state index contributed by atoms with van der Waals surface area (Å²) >= 11 is 0. The van der Waals surface area contributed by atoms with Gasteiger partial charge >= 0.3 is 0 Å². The van der Waals surface area contributed by atoms with Crippen molar-refractivity contribution < 1.29 is 9.53 Å². The number of rotatable bonds is 3. The highest BCUT2D eigenvalue weighted by Crippen LogP contribution is 2.34. The Hall–Kier alpha value is -3.08. The third-order valence-corrected chi connectivity index (χ3v) is 3.11. The molecule has 3 aromatic rings. The number of pyridine rings is 1. The second-order valence-electron chi connectivity index (χ2n) is 4.55. The van der Waals surface area contributed by atoms with Crippen LogP contribution >= 0.6 is 0 Å². The Labute approximate surface area is 121 Å². The molecule has 3 rings (SSSR count). The van der Waals surface area contributed by atoms with Crippen LogP contribution in [0.25, 0.3) is 10.9 Å². The molecule has 104 valence electrons. The fourth-order valence-corrected chi connectivity index (χ4v) is 2.05. The average molecular weight is 279 g/mol. The van der Waals surface area contributed by atoms with Gasteiger partial charge in [-0.25, -0.2) is 0 Å². The molecular formula is C16H13N3O2. The number of fused-ring (bicyclic) bond motifs is 1. The van der Waals surface area contributed by atoms with E-state index < -0.39 is 5.91 Å². The second kappa shape index (κ2) is 5.13. The van der Waals surface area contributed by atoms with Crippen molar-refractivity contribution in [2.45, 2.75) is 0 Å². The summed E-state index contributed by atoms with van der Waals surface area (Å²) in [6.45, 7) is 0. The van der Waals surface area contributed by atoms with Crippen LogP contribution in [0.4, 0.5) is 5.69 Å². The molecule has 0 spiro atoms. The number of benzene rings is 2. The third-order valence-electron chi connectivity index (χ3n) is 3.11. The molecule has 0 bridgehead atoms.